The maximum Gasteiger partial charge on any atom is 0.222 e. The first-order valence-corrected chi connectivity index (χ1v) is 5.71. The molecular formula is C11H22N2O. The average Bonchev–Trinajstić information content (AvgIpc) is 2.07. The van der Waals surface area contributed by atoms with Crippen molar-refractivity contribution in [3.63, 3.8) is 0 Å². The van der Waals surface area contributed by atoms with Crippen LogP contribution in [0.15, 0.2) is 0 Å². The molecule has 0 aromatic heterocycles. The lowest BCUT2D eigenvalue weighted by atomic mass is 10.0. The molecule has 0 spiro atoms. The van der Waals surface area contributed by atoms with Crippen LogP contribution in [0.1, 0.15) is 39.5 Å². The number of hydrogen-bond donors (Lipinski definition) is 2. The van der Waals surface area contributed by atoms with Gasteiger partial charge < -0.3 is 10.6 Å². The lowest BCUT2D eigenvalue weighted by molar-refractivity contribution is -0.123. The van der Waals surface area contributed by atoms with Crippen molar-refractivity contribution in [1.82, 2.24) is 10.6 Å². The summed E-state index contributed by atoms with van der Waals surface area (Å²) in [6, 6.07) is 0.760. The van der Waals surface area contributed by atoms with Gasteiger partial charge in [0.2, 0.25) is 5.91 Å². The van der Waals surface area contributed by atoms with Gasteiger partial charge in [0.25, 0.3) is 0 Å². The molecule has 1 atom stereocenters. The van der Waals surface area contributed by atoms with Gasteiger partial charge >= 0.3 is 0 Å². The van der Waals surface area contributed by atoms with Crippen molar-refractivity contribution in [2.75, 3.05) is 13.1 Å². The van der Waals surface area contributed by atoms with Crippen molar-refractivity contribution in [3.8, 4) is 0 Å². The molecule has 0 aromatic rings. The Hall–Kier alpha value is -0.570. The van der Waals surface area contributed by atoms with E-state index in [-0.39, 0.29) is 11.8 Å². The van der Waals surface area contributed by atoms with Crippen molar-refractivity contribution < 1.29 is 4.79 Å². The zero-order valence-electron chi connectivity index (χ0n) is 9.31. The van der Waals surface area contributed by atoms with E-state index in [1.54, 1.807) is 0 Å². The van der Waals surface area contributed by atoms with E-state index in [2.05, 4.69) is 10.6 Å². The van der Waals surface area contributed by atoms with Gasteiger partial charge in [-0.05, 0) is 25.8 Å². The summed E-state index contributed by atoms with van der Waals surface area (Å²) in [5.41, 5.74) is 0. The van der Waals surface area contributed by atoms with Gasteiger partial charge in [-0.25, -0.2) is 0 Å². The van der Waals surface area contributed by atoms with E-state index in [4.69, 9.17) is 0 Å². The minimum Gasteiger partial charge on any atom is -0.356 e. The number of amides is 1. The second kappa shape index (κ2) is 6.02. The predicted molar refractivity (Wildman–Crippen MR) is 58.1 cm³/mol. The third kappa shape index (κ3) is 4.09. The Morgan fingerprint density at radius 3 is 2.71 bits per heavy atom. The highest BCUT2D eigenvalue weighted by molar-refractivity contribution is 5.77. The molecule has 0 aliphatic carbocycles. The highest BCUT2D eigenvalue weighted by Gasteiger charge is 2.14. The fraction of sp³-hybridized carbons (Fsp3) is 0.909. The second-order valence-electron chi connectivity index (χ2n) is 4.38. The zero-order chi connectivity index (χ0) is 10.4. The molecule has 0 radical (unpaired) electrons. The lowest BCUT2D eigenvalue weighted by Crippen LogP contribution is -2.42. The van der Waals surface area contributed by atoms with Crippen LogP contribution in [0.2, 0.25) is 0 Å². The summed E-state index contributed by atoms with van der Waals surface area (Å²) in [4.78, 5) is 11.2. The number of carbonyl (C=O) groups is 1. The number of hydrogen-bond acceptors (Lipinski definition) is 2. The normalized spacial score (nSPS) is 20.6. The Bertz CT molecular complexity index is 176. The molecular weight excluding hydrogens is 176 g/mol. The average molecular weight is 198 g/mol. The Kier molecular flexibility index (Phi) is 4.94. The van der Waals surface area contributed by atoms with Gasteiger partial charge in [0.1, 0.15) is 0 Å². The number of unbranched alkanes of at least 4 members (excludes halogenated alkanes) is 1. The van der Waals surface area contributed by atoms with Gasteiger partial charge in [-0.2, -0.15) is 0 Å². The molecule has 1 fully saturated rings. The lowest BCUT2D eigenvalue weighted by Gasteiger charge is -2.27. The topological polar surface area (TPSA) is 41.1 Å². The van der Waals surface area contributed by atoms with Crippen molar-refractivity contribution in [2.45, 2.75) is 45.6 Å². The van der Waals surface area contributed by atoms with Crippen LogP contribution in [0.5, 0.6) is 0 Å². The highest BCUT2D eigenvalue weighted by Crippen LogP contribution is 2.09. The Morgan fingerprint density at radius 2 is 2.21 bits per heavy atom. The van der Waals surface area contributed by atoms with Crippen LogP contribution >= 0.6 is 0 Å². The molecule has 0 saturated carbocycles. The summed E-state index contributed by atoms with van der Waals surface area (Å²) >= 11 is 0. The maximum absolute atomic E-state index is 11.2. The van der Waals surface area contributed by atoms with Gasteiger partial charge in [0, 0.05) is 18.5 Å². The van der Waals surface area contributed by atoms with Crippen LogP contribution in [0.4, 0.5) is 0 Å². The standard InChI is InChI=1S/C11H22N2O/c1-9(2)11(14)13-7-4-3-5-10-6-8-12-10/h9-10,12H,3-8H2,1-2H3,(H,13,14). The molecule has 82 valence electrons. The van der Waals surface area contributed by atoms with Crippen molar-refractivity contribution in [3.05, 3.63) is 0 Å². The van der Waals surface area contributed by atoms with Crippen molar-refractivity contribution in [1.29, 1.82) is 0 Å². The van der Waals surface area contributed by atoms with Gasteiger partial charge in [-0.1, -0.05) is 20.3 Å². The van der Waals surface area contributed by atoms with Crippen molar-refractivity contribution in [2.24, 2.45) is 5.92 Å². The quantitative estimate of drug-likeness (QED) is 0.631. The number of rotatable bonds is 6. The van der Waals surface area contributed by atoms with Crippen LogP contribution in [0, 0.1) is 5.92 Å². The fourth-order valence-corrected chi connectivity index (χ4v) is 1.53. The second-order valence-corrected chi connectivity index (χ2v) is 4.38. The Morgan fingerprint density at radius 1 is 1.50 bits per heavy atom. The first-order chi connectivity index (χ1) is 6.70. The van der Waals surface area contributed by atoms with E-state index in [9.17, 15) is 4.79 Å². The summed E-state index contributed by atoms with van der Waals surface area (Å²) in [5.74, 6) is 0.287. The van der Waals surface area contributed by atoms with E-state index in [1.807, 2.05) is 13.8 Å². The Labute approximate surface area is 86.6 Å². The van der Waals surface area contributed by atoms with E-state index in [0.29, 0.717) is 0 Å². The summed E-state index contributed by atoms with van der Waals surface area (Å²) in [6.45, 7) is 5.87. The molecule has 3 heteroatoms. The first kappa shape index (κ1) is 11.5. The van der Waals surface area contributed by atoms with Gasteiger partial charge in [0.05, 0.1) is 0 Å². The third-order valence-corrected chi connectivity index (χ3v) is 2.73. The summed E-state index contributed by atoms with van der Waals surface area (Å²) in [5, 5.41) is 6.31. The maximum atomic E-state index is 11.2. The number of carbonyl (C=O) groups excluding carboxylic acids is 1. The molecule has 0 bridgehead atoms. The molecule has 1 amide bonds. The molecule has 0 aromatic carbocycles. The van der Waals surface area contributed by atoms with Crippen LogP contribution in [0.25, 0.3) is 0 Å². The van der Waals surface area contributed by atoms with Crippen LogP contribution in [-0.2, 0) is 4.79 Å². The third-order valence-electron chi connectivity index (χ3n) is 2.73. The molecule has 1 saturated heterocycles. The van der Waals surface area contributed by atoms with Crippen LogP contribution in [0.3, 0.4) is 0 Å². The first-order valence-electron chi connectivity index (χ1n) is 5.71. The monoisotopic (exact) mass is 198 g/mol. The summed E-state index contributed by atoms with van der Waals surface area (Å²) < 4.78 is 0. The van der Waals surface area contributed by atoms with Crippen LogP contribution in [-0.4, -0.2) is 25.0 Å². The SMILES string of the molecule is CC(C)C(=O)NCCCCC1CCN1. The van der Waals surface area contributed by atoms with Crippen molar-refractivity contribution >= 4 is 5.91 Å². The molecule has 1 aliphatic heterocycles. The van der Waals surface area contributed by atoms with Crippen LogP contribution < -0.4 is 10.6 Å². The molecule has 3 nitrogen and oxygen atoms in total. The van der Waals surface area contributed by atoms with Gasteiger partial charge in [-0.15, -0.1) is 0 Å². The fourth-order valence-electron chi connectivity index (χ4n) is 1.53. The van der Waals surface area contributed by atoms with E-state index >= 15 is 0 Å². The molecule has 14 heavy (non-hydrogen) atoms. The minimum absolute atomic E-state index is 0.114. The highest BCUT2D eigenvalue weighted by atomic mass is 16.1. The number of nitrogens with one attached hydrogen (secondary N) is 2. The predicted octanol–water partition coefficient (Wildman–Crippen LogP) is 1.29. The zero-order valence-corrected chi connectivity index (χ0v) is 9.31. The Balaban J connectivity index is 1.86. The molecule has 1 heterocycles. The summed E-state index contributed by atoms with van der Waals surface area (Å²) in [6.07, 6.45) is 4.92. The smallest absolute Gasteiger partial charge is 0.222 e. The molecule has 1 aliphatic rings. The van der Waals surface area contributed by atoms with E-state index < -0.39 is 0 Å². The van der Waals surface area contributed by atoms with E-state index in [0.717, 1.165) is 19.0 Å². The minimum atomic E-state index is 0.114. The summed E-state index contributed by atoms with van der Waals surface area (Å²) in [7, 11) is 0. The molecule has 1 unspecified atom stereocenters. The van der Waals surface area contributed by atoms with E-state index in [1.165, 1.54) is 25.8 Å². The van der Waals surface area contributed by atoms with Gasteiger partial charge in [-0.3, -0.25) is 4.79 Å². The molecule has 1 rings (SSSR count). The van der Waals surface area contributed by atoms with Gasteiger partial charge in [0.15, 0.2) is 0 Å². The molecule has 2 N–H and O–H groups in total. The largest absolute Gasteiger partial charge is 0.356 e.